The molecule has 3 N–H and O–H groups in total. The molecule has 3 aliphatic heterocycles. The normalized spacial score (nSPS) is 30.0. The standard InChI is InChI=1S/C23H22ClN3O4/c1-11-6-5-8-14-18(11)25-22(31)23(14)17-16(19(26-23)12(2)28)20(29)27(21(17)30)10-13-7-3-4-9-15(13)24/h3-9,12,16-17,19,26,28H,10H2,1-2H3,(H,25,31)/t12-,16+,17+,19+,23+/m1/s1. The van der Waals surface area contributed by atoms with Crippen molar-refractivity contribution in [1.82, 2.24) is 10.2 Å². The summed E-state index contributed by atoms with van der Waals surface area (Å²) in [5, 5.41) is 17.0. The molecule has 0 bridgehead atoms. The van der Waals surface area contributed by atoms with E-state index in [0.29, 0.717) is 21.8 Å². The molecule has 31 heavy (non-hydrogen) atoms. The van der Waals surface area contributed by atoms with Gasteiger partial charge in [0, 0.05) is 22.3 Å². The molecule has 0 saturated carbocycles. The molecule has 2 aromatic carbocycles. The third-order valence-electron chi connectivity index (χ3n) is 6.79. The zero-order valence-corrected chi connectivity index (χ0v) is 17.8. The number of fused-ring (bicyclic) bond motifs is 4. The van der Waals surface area contributed by atoms with Crippen LogP contribution in [0, 0.1) is 18.8 Å². The zero-order valence-electron chi connectivity index (χ0n) is 17.1. The number of hydrogen-bond acceptors (Lipinski definition) is 5. The van der Waals surface area contributed by atoms with Gasteiger partial charge in [0.05, 0.1) is 24.5 Å². The van der Waals surface area contributed by atoms with Crippen molar-refractivity contribution in [1.29, 1.82) is 0 Å². The number of likely N-dealkylation sites (tertiary alicyclic amines) is 1. The van der Waals surface area contributed by atoms with Crippen LogP contribution in [0.25, 0.3) is 0 Å². The summed E-state index contributed by atoms with van der Waals surface area (Å²) in [4.78, 5) is 41.6. The number of benzene rings is 2. The second-order valence-electron chi connectivity index (χ2n) is 8.53. The molecule has 2 fully saturated rings. The lowest BCUT2D eigenvalue weighted by molar-refractivity contribution is -0.143. The van der Waals surface area contributed by atoms with Crippen LogP contribution in [0.15, 0.2) is 42.5 Å². The molecule has 8 heteroatoms. The predicted octanol–water partition coefficient (Wildman–Crippen LogP) is 1.95. The van der Waals surface area contributed by atoms with Crippen molar-refractivity contribution in [2.24, 2.45) is 11.8 Å². The SMILES string of the molecule is Cc1cccc2c1NC(=O)[C@]21N[C@@H]([C@@H](C)O)[C@H]2C(=O)N(Cc3ccccc3Cl)C(=O)[C@H]21. The number of carbonyl (C=O) groups excluding carboxylic acids is 3. The summed E-state index contributed by atoms with van der Waals surface area (Å²) < 4.78 is 0. The Bertz CT molecular complexity index is 1130. The van der Waals surface area contributed by atoms with Crippen LogP contribution in [-0.4, -0.2) is 39.9 Å². The summed E-state index contributed by atoms with van der Waals surface area (Å²) >= 11 is 6.26. The Morgan fingerprint density at radius 2 is 1.87 bits per heavy atom. The van der Waals surface area contributed by atoms with E-state index in [9.17, 15) is 19.5 Å². The highest BCUT2D eigenvalue weighted by Crippen LogP contribution is 2.54. The maximum atomic E-state index is 13.6. The summed E-state index contributed by atoms with van der Waals surface area (Å²) in [6.07, 6.45) is -0.939. The molecule has 7 nitrogen and oxygen atoms in total. The van der Waals surface area contributed by atoms with Gasteiger partial charge in [-0.25, -0.2) is 0 Å². The lowest BCUT2D eigenvalue weighted by Crippen LogP contribution is -2.54. The van der Waals surface area contributed by atoms with E-state index < -0.39 is 41.3 Å². The summed E-state index contributed by atoms with van der Waals surface area (Å²) in [6, 6.07) is 11.8. The maximum Gasteiger partial charge on any atom is 0.250 e. The number of hydrogen-bond donors (Lipinski definition) is 3. The minimum Gasteiger partial charge on any atom is -0.392 e. The second-order valence-corrected chi connectivity index (χ2v) is 8.94. The zero-order chi connectivity index (χ0) is 22.1. The minimum absolute atomic E-state index is 0.0231. The van der Waals surface area contributed by atoms with Crippen LogP contribution in [0.1, 0.15) is 23.6 Å². The number of carbonyl (C=O) groups is 3. The first-order valence-electron chi connectivity index (χ1n) is 10.2. The van der Waals surface area contributed by atoms with Crippen LogP contribution in [0.2, 0.25) is 5.02 Å². The van der Waals surface area contributed by atoms with Crippen LogP contribution in [0.5, 0.6) is 0 Å². The van der Waals surface area contributed by atoms with E-state index in [1.54, 1.807) is 37.3 Å². The van der Waals surface area contributed by atoms with E-state index in [2.05, 4.69) is 10.6 Å². The molecule has 1 spiro atoms. The number of amides is 3. The number of anilines is 1. The van der Waals surface area contributed by atoms with Crippen molar-refractivity contribution in [2.75, 3.05) is 5.32 Å². The number of rotatable bonds is 3. The molecule has 160 valence electrons. The van der Waals surface area contributed by atoms with Gasteiger partial charge in [0.2, 0.25) is 17.7 Å². The molecule has 0 unspecified atom stereocenters. The van der Waals surface area contributed by atoms with Gasteiger partial charge in [-0.05, 0) is 31.0 Å². The molecule has 0 aliphatic carbocycles. The monoisotopic (exact) mass is 439 g/mol. The van der Waals surface area contributed by atoms with Crippen LogP contribution < -0.4 is 10.6 Å². The minimum atomic E-state index is -1.41. The number of aliphatic hydroxyl groups is 1. The lowest BCUT2D eigenvalue weighted by atomic mass is 9.76. The van der Waals surface area contributed by atoms with E-state index in [1.165, 1.54) is 4.90 Å². The smallest absolute Gasteiger partial charge is 0.250 e. The van der Waals surface area contributed by atoms with Gasteiger partial charge in [-0.2, -0.15) is 0 Å². The topological polar surface area (TPSA) is 98.7 Å². The fourth-order valence-electron chi connectivity index (χ4n) is 5.33. The third-order valence-corrected chi connectivity index (χ3v) is 7.16. The van der Waals surface area contributed by atoms with Crippen LogP contribution >= 0.6 is 11.6 Å². The van der Waals surface area contributed by atoms with E-state index in [0.717, 1.165) is 5.56 Å². The van der Waals surface area contributed by atoms with Gasteiger partial charge >= 0.3 is 0 Å². The number of nitrogens with one attached hydrogen (secondary N) is 2. The Hall–Kier alpha value is -2.74. The third kappa shape index (κ3) is 2.63. The van der Waals surface area contributed by atoms with Crippen molar-refractivity contribution in [3.05, 3.63) is 64.2 Å². The first-order chi connectivity index (χ1) is 14.8. The number of aryl methyl sites for hydroxylation is 1. The quantitative estimate of drug-likeness (QED) is 0.635. The predicted molar refractivity (Wildman–Crippen MR) is 114 cm³/mol. The number of imide groups is 1. The van der Waals surface area contributed by atoms with Gasteiger partial charge < -0.3 is 10.4 Å². The van der Waals surface area contributed by atoms with E-state index >= 15 is 0 Å². The molecule has 3 aliphatic rings. The van der Waals surface area contributed by atoms with Crippen molar-refractivity contribution in [3.8, 4) is 0 Å². The highest BCUT2D eigenvalue weighted by Gasteiger charge is 2.71. The molecule has 2 saturated heterocycles. The highest BCUT2D eigenvalue weighted by atomic mass is 35.5. The summed E-state index contributed by atoms with van der Waals surface area (Å²) in [7, 11) is 0. The average molecular weight is 440 g/mol. The molecule has 0 radical (unpaired) electrons. The van der Waals surface area contributed by atoms with Gasteiger partial charge in [0.25, 0.3) is 0 Å². The van der Waals surface area contributed by atoms with Crippen LogP contribution in [-0.2, 0) is 26.5 Å². The Morgan fingerprint density at radius 3 is 2.58 bits per heavy atom. The van der Waals surface area contributed by atoms with Crippen molar-refractivity contribution in [2.45, 2.75) is 38.1 Å². The van der Waals surface area contributed by atoms with E-state index in [4.69, 9.17) is 11.6 Å². The largest absolute Gasteiger partial charge is 0.392 e. The highest BCUT2D eigenvalue weighted by molar-refractivity contribution is 6.31. The lowest BCUT2D eigenvalue weighted by Gasteiger charge is -2.30. The molecular weight excluding hydrogens is 418 g/mol. The number of nitrogens with zero attached hydrogens (tertiary/aromatic N) is 1. The van der Waals surface area contributed by atoms with Gasteiger partial charge in [0.1, 0.15) is 5.54 Å². The Labute approximate surface area is 184 Å². The Balaban J connectivity index is 1.63. The molecule has 3 heterocycles. The first kappa shape index (κ1) is 20.2. The van der Waals surface area contributed by atoms with Gasteiger partial charge in [-0.15, -0.1) is 0 Å². The fourth-order valence-corrected chi connectivity index (χ4v) is 5.53. The second kappa shape index (κ2) is 6.88. The van der Waals surface area contributed by atoms with Gasteiger partial charge in [0.15, 0.2) is 0 Å². The molecule has 0 aromatic heterocycles. The van der Waals surface area contributed by atoms with Gasteiger partial charge in [-0.3, -0.25) is 24.6 Å². The van der Waals surface area contributed by atoms with E-state index in [-0.39, 0.29) is 12.5 Å². The average Bonchev–Trinajstić information content (AvgIpc) is 3.32. The summed E-state index contributed by atoms with van der Waals surface area (Å²) in [5.74, 6) is -3.03. The summed E-state index contributed by atoms with van der Waals surface area (Å²) in [6.45, 7) is 3.46. The van der Waals surface area contributed by atoms with Crippen molar-refractivity contribution < 1.29 is 19.5 Å². The Morgan fingerprint density at radius 1 is 1.13 bits per heavy atom. The number of halogens is 1. The van der Waals surface area contributed by atoms with Crippen LogP contribution in [0.3, 0.4) is 0 Å². The Kier molecular flexibility index (Phi) is 4.48. The molecule has 5 rings (SSSR count). The van der Waals surface area contributed by atoms with Crippen molar-refractivity contribution in [3.63, 3.8) is 0 Å². The van der Waals surface area contributed by atoms with Crippen LogP contribution in [0.4, 0.5) is 5.69 Å². The van der Waals surface area contributed by atoms with Crippen molar-refractivity contribution >= 4 is 35.0 Å². The maximum absolute atomic E-state index is 13.6. The fraction of sp³-hybridized carbons (Fsp3) is 0.348. The number of para-hydroxylation sites is 1. The summed E-state index contributed by atoms with van der Waals surface area (Å²) in [5.41, 5.74) is 1.39. The van der Waals surface area contributed by atoms with E-state index in [1.807, 2.05) is 19.1 Å². The first-order valence-corrected chi connectivity index (χ1v) is 10.6. The molecule has 5 atom stereocenters. The number of aliphatic hydroxyl groups excluding tert-OH is 1. The molecular formula is C23H22ClN3O4. The molecule has 2 aromatic rings. The molecule has 3 amide bonds. The van der Waals surface area contributed by atoms with Gasteiger partial charge in [-0.1, -0.05) is 48.0 Å².